The number of benzene rings is 1. The smallest absolute Gasteiger partial charge is 0.308 e. The first-order valence-corrected chi connectivity index (χ1v) is 6.91. The van der Waals surface area contributed by atoms with Gasteiger partial charge in [0.1, 0.15) is 5.75 Å². The minimum Gasteiger partial charge on any atom is -0.426 e. The summed E-state index contributed by atoms with van der Waals surface area (Å²) in [6.07, 6.45) is 0.545. The molecule has 0 aromatic heterocycles. The third-order valence-electron chi connectivity index (χ3n) is 1.95. The predicted octanol–water partition coefficient (Wildman–Crippen LogP) is 2.10. The molecule has 0 aliphatic heterocycles. The maximum Gasteiger partial charge on any atom is 0.308 e. The topological polar surface area (TPSA) is 60.4 Å². The zero-order chi connectivity index (χ0) is 12.3. The van der Waals surface area contributed by atoms with Gasteiger partial charge in [-0.1, -0.05) is 6.92 Å². The number of aryl methyl sites for hydroxylation is 1. The van der Waals surface area contributed by atoms with Gasteiger partial charge in [0.15, 0.2) is 0 Å². The van der Waals surface area contributed by atoms with E-state index in [1.165, 1.54) is 25.1 Å². The van der Waals surface area contributed by atoms with Crippen LogP contribution in [0, 0.1) is 0 Å². The molecule has 0 fully saturated rings. The van der Waals surface area contributed by atoms with Crippen molar-refractivity contribution in [1.29, 1.82) is 0 Å². The van der Waals surface area contributed by atoms with Crippen LogP contribution in [0.1, 0.15) is 19.4 Å². The molecule has 0 atom stereocenters. The standard InChI is InChI=1S/C10H11ClO4S/c1-3-8-6-9(16(11,13)14)4-5-10(8)15-7(2)12/h4-6H,3H2,1-2H3. The van der Waals surface area contributed by atoms with Crippen LogP contribution in [0.5, 0.6) is 5.75 Å². The van der Waals surface area contributed by atoms with Gasteiger partial charge in [-0.25, -0.2) is 8.42 Å². The van der Waals surface area contributed by atoms with E-state index >= 15 is 0 Å². The first-order valence-electron chi connectivity index (χ1n) is 4.60. The van der Waals surface area contributed by atoms with Crippen molar-refractivity contribution in [2.75, 3.05) is 0 Å². The Morgan fingerprint density at radius 3 is 2.50 bits per heavy atom. The van der Waals surface area contributed by atoms with Crippen molar-refractivity contribution in [2.24, 2.45) is 0 Å². The molecule has 0 spiro atoms. The normalized spacial score (nSPS) is 11.2. The molecule has 1 rings (SSSR count). The fourth-order valence-corrected chi connectivity index (χ4v) is 2.04. The number of carbonyl (C=O) groups excluding carboxylic acids is 1. The first-order chi connectivity index (χ1) is 7.34. The molecule has 0 heterocycles. The zero-order valence-electron chi connectivity index (χ0n) is 8.86. The second-order valence-electron chi connectivity index (χ2n) is 3.15. The molecule has 0 unspecified atom stereocenters. The van der Waals surface area contributed by atoms with Gasteiger partial charge in [0.05, 0.1) is 4.90 Å². The molecule has 0 radical (unpaired) electrons. The lowest BCUT2D eigenvalue weighted by atomic mass is 10.1. The first kappa shape index (κ1) is 13.0. The van der Waals surface area contributed by atoms with Gasteiger partial charge >= 0.3 is 5.97 Å². The summed E-state index contributed by atoms with van der Waals surface area (Å²) in [5.41, 5.74) is 0.622. The van der Waals surface area contributed by atoms with Crippen LogP contribution in [0.4, 0.5) is 0 Å². The van der Waals surface area contributed by atoms with Gasteiger partial charge < -0.3 is 4.74 Å². The summed E-state index contributed by atoms with van der Waals surface area (Å²) in [6.45, 7) is 3.11. The lowest BCUT2D eigenvalue weighted by Gasteiger charge is -2.08. The maximum atomic E-state index is 11.1. The monoisotopic (exact) mass is 262 g/mol. The molecule has 0 aliphatic carbocycles. The molecule has 0 aliphatic rings. The maximum absolute atomic E-state index is 11.1. The fourth-order valence-electron chi connectivity index (χ4n) is 1.24. The number of rotatable bonds is 3. The van der Waals surface area contributed by atoms with Crippen molar-refractivity contribution in [3.8, 4) is 5.75 Å². The van der Waals surface area contributed by atoms with Crippen molar-refractivity contribution in [3.05, 3.63) is 23.8 Å². The molecule has 0 N–H and O–H groups in total. The summed E-state index contributed by atoms with van der Waals surface area (Å²) in [4.78, 5) is 10.8. The molecule has 0 saturated heterocycles. The third kappa shape index (κ3) is 3.21. The van der Waals surface area contributed by atoms with E-state index in [9.17, 15) is 13.2 Å². The van der Waals surface area contributed by atoms with Gasteiger partial charge in [-0.2, -0.15) is 0 Å². The van der Waals surface area contributed by atoms with Crippen molar-refractivity contribution >= 4 is 25.7 Å². The number of hydrogen-bond donors (Lipinski definition) is 0. The fraction of sp³-hybridized carbons (Fsp3) is 0.300. The quantitative estimate of drug-likeness (QED) is 0.475. The van der Waals surface area contributed by atoms with E-state index in [1.807, 2.05) is 6.92 Å². The van der Waals surface area contributed by atoms with Gasteiger partial charge in [-0.3, -0.25) is 4.79 Å². The molecule has 0 bridgehead atoms. The number of esters is 1. The molecule has 4 nitrogen and oxygen atoms in total. The van der Waals surface area contributed by atoms with Gasteiger partial charge in [0, 0.05) is 17.6 Å². The van der Waals surface area contributed by atoms with Crippen LogP contribution in [-0.2, 0) is 20.3 Å². The van der Waals surface area contributed by atoms with Crippen LogP contribution < -0.4 is 4.74 Å². The Labute approximate surface area is 98.6 Å². The highest BCUT2D eigenvalue weighted by molar-refractivity contribution is 8.13. The van der Waals surface area contributed by atoms with Crippen molar-refractivity contribution in [3.63, 3.8) is 0 Å². The minimum absolute atomic E-state index is 0.00178. The van der Waals surface area contributed by atoms with E-state index in [0.717, 1.165) is 0 Å². The number of halogens is 1. The summed E-state index contributed by atoms with van der Waals surface area (Å²) in [6, 6.07) is 4.13. The van der Waals surface area contributed by atoms with E-state index < -0.39 is 15.0 Å². The zero-order valence-corrected chi connectivity index (χ0v) is 10.4. The molecular weight excluding hydrogens is 252 g/mol. The van der Waals surface area contributed by atoms with E-state index in [1.54, 1.807) is 0 Å². The Balaban J connectivity index is 3.22. The van der Waals surface area contributed by atoms with Crippen molar-refractivity contribution < 1.29 is 17.9 Å². The van der Waals surface area contributed by atoms with Crippen LogP contribution in [0.3, 0.4) is 0 Å². The van der Waals surface area contributed by atoms with Crippen LogP contribution in [0.2, 0.25) is 0 Å². The second-order valence-corrected chi connectivity index (χ2v) is 5.72. The average molecular weight is 263 g/mol. The number of hydrogen-bond acceptors (Lipinski definition) is 4. The molecule has 0 amide bonds. The summed E-state index contributed by atoms with van der Waals surface area (Å²) >= 11 is 0. The summed E-state index contributed by atoms with van der Waals surface area (Å²) in [5, 5.41) is 0. The SMILES string of the molecule is CCc1cc(S(=O)(=O)Cl)ccc1OC(C)=O. The van der Waals surface area contributed by atoms with Crippen LogP contribution >= 0.6 is 10.7 Å². The van der Waals surface area contributed by atoms with Crippen LogP contribution in [0.15, 0.2) is 23.1 Å². The Morgan fingerprint density at radius 2 is 2.06 bits per heavy atom. The Morgan fingerprint density at radius 1 is 1.44 bits per heavy atom. The Bertz CT molecular complexity index is 508. The van der Waals surface area contributed by atoms with Crippen molar-refractivity contribution in [1.82, 2.24) is 0 Å². The summed E-state index contributed by atoms with van der Waals surface area (Å²) < 4.78 is 27.1. The molecule has 16 heavy (non-hydrogen) atoms. The molecule has 0 saturated carbocycles. The molecular formula is C10H11ClO4S. The van der Waals surface area contributed by atoms with Gasteiger partial charge in [-0.05, 0) is 30.2 Å². The molecule has 1 aromatic carbocycles. The lowest BCUT2D eigenvalue weighted by molar-refractivity contribution is -0.131. The third-order valence-corrected chi connectivity index (χ3v) is 3.30. The van der Waals surface area contributed by atoms with Gasteiger partial charge in [-0.15, -0.1) is 0 Å². The minimum atomic E-state index is -3.75. The highest BCUT2D eigenvalue weighted by Crippen LogP contribution is 2.25. The van der Waals surface area contributed by atoms with Gasteiger partial charge in [0.25, 0.3) is 9.05 Å². The van der Waals surface area contributed by atoms with E-state index in [0.29, 0.717) is 17.7 Å². The molecule has 88 valence electrons. The molecule has 6 heteroatoms. The Kier molecular flexibility index (Phi) is 3.93. The van der Waals surface area contributed by atoms with Crippen molar-refractivity contribution in [2.45, 2.75) is 25.2 Å². The number of ether oxygens (including phenoxy) is 1. The largest absolute Gasteiger partial charge is 0.426 e. The molecule has 1 aromatic rings. The van der Waals surface area contributed by atoms with Crippen LogP contribution in [0.25, 0.3) is 0 Å². The summed E-state index contributed by atoms with van der Waals surface area (Å²) in [7, 11) is 1.46. The highest BCUT2D eigenvalue weighted by atomic mass is 35.7. The Hall–Kier alpha value is -1.07. The van der Waals surface area contributed by atoms with Crippen LogP contribution in [-0.4, -0.2) is 14.4 Å². The second kappa shape index (κ2) is 4.84. The van der Waals surface area contributed by atoms with E-state index in [4.69, 9.17) is 15.4 Å². The van der Waals surface area contributed by atoms with E-state index in [2.05, 4.69) is 0 Å². The lowest BCUT2D eigenvalue weighted by Crippen LogP contribution is -2.04. The predicted molar refractivity (Wildman–Crippen MR) is 60.2 cm³/mol. The number of carbonyl (C=O) groups is 1. The van der Waals surface area contributed by atoms with E-state index in [-0.39, 0.29) is 4.90 Å². The highest BCUT2D eigenvalue weighted by Gasteiger charge is 2.13. The summed E-state index contributed by atoms with van der Waals surface area (Å²) in [5.74, 6) is -0.0877. The van der Waals surface area contributed by atoms with Gasteiger partial charge in [0.2, 0.25) is 0 Å². The average Bonchev–Trinajstić information content (AvgIpc) is 2.15.